The van der Waals surface area contributed by atoms with Crippen LogP contribution in [0.5, 0.6) is 0 Å². The quantitative estimate of drug-likeness (QED) is 0.675. The summed E-state index contributed by atoms with van der Waals surface area (Å²) in [6, 6.07) is 7.79. The lowest BCUT2D eigenvalue weighted by atomic mass is 9.71. The molecule has 3 aliphatic rings. The van der Waals surface area contributed by atoms with E-state index in [1.807, 2.05) is 29.4 Å². The van der Waals surface area contributed by atoms with Crippen LogP contribution in [0.15, 0.2) is 47.3 Å². The van der Waals surface area contributed by atoms with Crippen molar-refractivity contribution in [3.8, 4) is 0 Å². The highest BCUT2D eigenvalue weighted by Gasteiger charge is 2.51. The molecule has 0 spiro atoms. The van der Waals surface area contributed by atoms with Gasteiger partial charge >= 0.3 is 0 Å². The standard InChI is InChI=1S/C25H32N4O3/c30-23-7-1-6-22-19-14-20(17-28(16-19)15-18-8-11-26-12-9-18)24(29(22)23)25(31)27-10-2-4-21-5-3-13-32-21/h3,5,8-9,11-13,19-20,22,24H,1-2,4,6-7,10,14-17H2,(H,27,31)/t19-,20+,22+,24-/m1/s1. The van der Waals surface area contributed by atoms with Crippen LogP contribution >= 0.6 is 0 Å². The summed E-state index contributed by atoms with van der Waals surface area (Å²) in [5, 5.41) is 3.13. The number of nitrogens with one attached hydrogen (secondary N) is 1. The molecule has 7 heteroatoms. The lowest BCUT2D eigenvalue weighted by Crippen LogP contribution is -2.68. The van der Waals surface area contributed by atoms with E-state index < -0.39 is 0 Å². The highest BCUT2D eigenvalue weighted by Crippen LogP contribution is 2.42. The lowest BCUT2D eigenvalue weighted by Gasteiger charge is -2.56. The molecule has 5 heterocycles. The Morgan fingerprint density at radius 2 is 2.03 bits per heavy atom. The predicted molar refractivity (Wildman–Crippen MR) is 119 cm³/mol. The Hall–Kier alpha value is -2.67. The third kappa shape index (κ3) is 4.44. The van der Waals surface area contributed by atoms with Gasteiger partial charge in [0.25, 0.3) is 0 Å². The van der Waals surface area contributed by atoms with E-state index in [-0.39, 0.29) is 29.8 Å². The number of rotatable bonds is 7. The van der Waals surface area contributed by atoms with Gasteiger partial charge in [-0.1, -0.05) is 0 Å². The maximum Gasteiger partial charge on any atom is 0.243 e. The molecule has 1 N–H and O–H groups in total. The second-order valence-corrected chi connectivity index (χ2v) is 9.48. The van der Waals surface area contributed by atoms with Gasteiger partial charge in [0.2, 0.25) is 11.8 Å². The second-order valence-electron chi connectivity index (χ2n) is 9.48. The average Bonchev–Trinajstić information content (AvgIpc) is 3.32. The minimum absolute atomic E-state index is 0.0129. The zero-order valence-electron chi connectivity index (χ0n) is 18.5. The van der Waals surface area contributed by atoms with Crippen molar-refractivity contribution < 1.29 is 14.0 Å². The van der Waals surface area contributed by atoms with Crippen molar-refractivity contribution in [1.82, 2.24) is 20.1 Å². The van der Waals surface area contributed by atoms with Gasteiger partial charge in [-0.15, -0.1) is 0 Å². The summed E-state index contributed by atoms with van der Waals surface area (Å²) in [6.07, 6.45) is 10.5. The number of nitrogens with zero attached hydrogens (tertiary/aromatic N) is 3. The zero-order chi connectivity index (χ0) is 21.9. The van der Waals surface area contributed by atoms with E-state index >= 15 is 0 Å². The molecule has 7 nitrogen and oxygen atoms in total. The normalized spacial score (nSPS) is 27.8. The highest BCUT2D eigenvalue weighted by molar-refractivity contribution is 5.89. The number of pyridine rings is 1. The molecule has 5 rings (SSSR count). The smallest absolute Gasteiger partial charge is 0.243 e. The summed E-state index contributed by atoms with van der Waals surface area (Å²) in [6.45, 7) is 3.30. The van der Waals surface area contributed by atoms with Gasteiger partial charge < -0.3 is 14.6 Å². The first-order chi connectivity index (χ1) is 15.7. The Kier molecular flexibility index (Phi) is 6.26. The van der Waals surface area contributed by atoms with Crippen LogP contribution in [0.3, 0.4) is 0 Å². The number of furan rings is 1. The van der Waals surface area contributed by atoms with Gasteiger partial charge in [0.1, 0.15) is 11.8 Å². The molecule has 2 aromatic heterocycles. The fourth-order valence-corrected chi connectivity index (χ4v) is 6.00. The van der Waals surface area contributed by atoms with E-state index in [2.05, 4.69) is 27.3 Å². The molecule has 2 amide bonds. The number of amides is 2. The molecule has 170 valence electrons. The van der Waals surface area contributed by atoms with E-state index in [1.165, 1.54) is 5.56 Å². The predicted octanol–water partition coefficient (Wildman–Crippen LogP) is 2.63. The van der Waals surface area contributed by atoms with E-state index in [0.29, 0.717) is 18.9 Å². The molecule has 2 aromatic rings. The van der Waals surface area contributed by atoms with Crippen molar-refractivity contribution in [2.45, 2.75) is 57.2 Å². The minimum Gasteiger partial charge on any atom is -0.469 e. The highest BCUT2D eigenvalue weighted by atomic mass is 16.3. The van der Waals surface area contributed by atoms with E-state index in [1.54, 1.807) is 6.26 Å². The van der Waals surface area contributed by atoms with Crippen molar-refractivity contribution in [3.63, 3.8) is 0 Å². The molecule has 3 aliphatic heterocycles. The maximum absolute atomic E-state index is 13.4. The van der Waals surface area contributed by atoms with Crippen LogP contribution < -0.4 is 5.32 Å². The molecule has 4 atom stereocenters. The molecular formula is C25H32N4O3. The first-order valence-corrected chi connectivity index (χ1v) is 11.9. The van der Waals surface area contributed by atoms with Crippen LogP contribution in [-0.2, 0) is 22.6 Å². The largest absolute Gasteiger partial charge is 0.469 e. The number of fused-ring (bicyclic) bond motifs is 4. The number of hydrogen-bond donors (Lipinski definition) is 1. The molecule has 2 bridgehead atoms. The molecular weight excluding hydrogens is 404 g/mol. The number of hydrogen-bond acceptors (Lipinski definition) is 5. The van der Waals surface area contributed by atoms with E-state index in [0.717, 1.165) is 57.5 Å². The third-order valence-electron chi connectivity index (χ3n) is 7.32. The Balaban J connectivity index is 1.28. The van der Waals surface area contributed by atoms with Gasteiger partial charge in [-0.05, 0) is 61.4 Å². The van der Waals surface area contributed by atoms with Gasteiger partial charge in [-0.2, -0.15) is 0 Å². The van der Waals surface area contributed by atoms with Gasteiger partial charge in [0.05, 0.1) is 6.26 Å². The Morgan fingerprint density at radius 1 is 1.19 bits per heavy atom. The topological polar surface area (TPSA) is 78.7 Å². The summed E-state index contributed by atoms with van der Waals surface area (Å²) < 4.78 is 5.38. The van der Waals surface area contributed by atoms with Gasteiger partial charge in [-0.25, -0.2) is 0 Å². The Bertz CT molecular complexity index is 917. The summed E-state index contributed by atoms with van der Waals surface area (Å²) in [4.78, 5) is 34.9. The minimum atomic E-state index is -0.354. The number of aryl methyl sites for hydroxylation is 1. The third-order valence-corrected chi connectivity index (χ3v) is 7.32. The van der Waals surface area contributed by atoms with Crippen LogP contribution in [-0.4, -0.2) is 58.3 Å². The van der Waals surface area contributed by atoms with Crippen molar-refractivity contribution in [3.05, 3.63) is 54.2 Å². The molecule has 3 saturated heterocycles. The molecule has 0 radical (unpaired) electrons. The fraction of sp³-hybridized carbons (Fsp3) is 0.560. The summed E-state index contributed by atoms with van der Waals surface area (Å²) in [7, 11) is 0. The Morgan fingerprint density at radius 3 is 2.84 bits per heavy atom. The van der Waals surface area contributed by atoms with Crippen molar-refractivity contribution in [2.75, 3.05) is 19.6 Å². The van der Waals surface area contributed by atoms with Crippen LogP contribution in [0.2, 0.25) is 0 Å². The van der Waals surface area contributed by atoms with Crippen LogP contribution in [0.1, 0.15) is 43.4 Å². The molecule has 0 aromatic carbocycles. The maximum atomic E-state index is 13.4. The number of carbonyl (C=O) groups excluding carboxylic acids is 2. The van der Waals surface area contributed by atoms with Crippen molar-refractivity contribution in [2.24, 2.45) is 11.8 Å². The second kappa shape index (κ2) is 9.45. The first kappa shape index (κ1) is 21.2. The van der Waals surface area contributed by atoms with Crippen molar-refractivity contribution in [1.29, 1.82) is 0 Å². The molecule has 0 aliphatic carbocycles. The summed E-state index contributed by atoms with van der Waals surface area (Å²) >= 11 is 0. The monoisotopic (exact) mass is 436 g/mol. The van der Waals surface area contributed by atoms with E-state index in [4.69, 9.17) is 4.42 Å². The fourth-order valence-electron chi connectivity index (χ4n) is 6.00. The molecule has 0 unspecified atom stereocenters. The number of carbonyl (C=O) groups is 2. The van der Waals surface area contributed by atoms with Gasteiger partial charge in [0, 0.05) is 63.4 Å². The zero-order valence-corrected chi connectivity index (χ0v) is 18.5. The lowest BCUT2D eigenvalue weighted by molar-refractivity contribution is -0.160. The van der Waals surface area contributed by atoms with Gasteiger partial charge in [-0.3, -0.25) is 19.5 Å². The van der Waals surface area contributed by atoms with Crippen molar-refractivity contribution >= 4 is 11.8 Å². The van der Waals surface area contributed by atoms with Crippen LogP contribution in [0.25, 0.3) is 0 Å². The molecule has 0 saturated carbocycles. The van der Waals surface area contributed by atoms with Crippen LogP contribution in [0.4, 0.5) is 0 Å². The SMILES string of the molecule is O=C(NCCCc1ccco1)[C@H]1[C@H]2C[C@H](CN(Cc3ccncc3)C2)[C@@H]2CCCC(=O)N21. The molecule has 32 heavy (non-hydrogen) atoms. The average molecular weight is 437 g/mol. The van der Waals surface area contributed by atoms with E-state index in [9.17, 15) is 9.59 Å². The Labute approximate surface area is 189 Å². The van der Waals surface area contributed by atoms with Crippen LogP contribution in [0, 0.1) is 11.8 Å². The number of aromatic nitrogens is 1. The number of piperidine rings is 3. The molecule has 3 fully saturated rings. The summed E-state index contributed by atoms with van der Waals surface area (Å²) in [5.41, 5.74) is 1.25. The summed E-state index contributed by atoms with van der Waals surface area (Å²) in [5.74, 6) is 1.74. The van der Waals surface area contributed by atoms with Gasteiger partial charge in [0.15, 0.2) is 0 Å². The number of likely N-dealkylation sites (tertiary alicyclic amines) is 1. The first-order valence-electron chi connectivity index (χ1n) is 11.9.